The third kappa shape index (κ3) is 4.14. The van der Waals surface area contributed by atoms with Gasteiger partial charge in [-0.15, -0.1) is 0 Å². The van der Waals surface area contributed by atoms with Gasteiger partial charge in [-0.25, -0.2) is 0 Å². The van der Waals surface area contributed by atoms with E-state index < -0.39 is 5.91 Å². The van der Waals surface area contributed by atoms with Gasteiger partial charge in [-0.05, 0) is 44.0 Å². The summed E-state index contributed by atoms with van der Waals surface area (Å²) in [6.45, 7) is 2.84. The van der Waals surface area contributed by atoms with Crippen LogP contribution in [0.5, 0.6) is 5.75 Å². The van der Waals surface area contributed by atoms with Crippen molar-refractivity contribution in [2.24, 2.45) is 5.73 Å². The number of likely N-dealkylation sites (tertiary alicyclic amines) is 1. The minimum absolute atomic E-state index is 0.0533. The fraction of sp³-hybridized carbons (Fsp3) is 0.412. The first kappa shape index (κ1) is 16.9. The number of amides is 2. The van der Waals surface area contributed by atoms with Crippen LogP contribution in [0.25, 0.3) is 0 Å². The molecule has 1 atom stereocenters. The first-order valence-corrected chi connectivity index (χ1v) is 8.13. The molecule has 8 heteroatoms. The zero-order valence-corrected chi connectivity index (χ0v) is 14.0. The van der Waals surface area contributed by atoms with Crippen LogP contribution in [0.2, 0.25) is 0 Å². The number of nitrogens with two attached hydrogens (primary N) is 1. The summed E-state index contributed by atoms with van der Waals surface area (Å²) in [5, 5.41) is 3.82. The summed E-state index contributed by atoms with van der Waals surface area (Å²) in [6.07, 6.45) is 1.81. The molecule has 1 unspecified atom stereocenters. The highest BCUT2D eigenvalue weighted by atomic mass is 16.5. The van der Waals surface area contributed by atoms with E-state index in [1.807, 2.05) is 0 Å². The number of piperidine rings is 1. The zero-order chi connectivity index (χ0) is 17.8. The van der Waals surface area contributed by atoms with Crippen molar-refractivity contribution in [2.75, 3.05) is 19.7 Å². The van der Waals surface area contributed by atoms with E-state index in [1.165, 1.54) is 0 Å². The minimum atomic E-state index is -0.546. The Kier molecular flexibility index (Phi) is 4.97. The minimum Gasteiger partial charge on any atom is -0.484 e. The lowest BCUT2D eigenvalue weighted by atomic mass is 9.97. The molecular formula is C17H20N4O4. The molecule has 1 aliphatic heterocycles. The summed E-state index contributed by atoms with van der Waals surface area (Å²) >= 11 is 0. The lowest BCUT2D eigenvalue weighted by Crippen LogP contribution is -2.39. The predicted molar refractivity (Wildman–Crippen MR) is 88.0 cm³/mol. The van der Waals surface area contributed by atoms with Gasteiger partial charge in [0.25, 0.3) is 11.8 Å². The van der Waals surface area contributed by atoms with Crippen molar-refractivity contribution >= 4 is 11.8 Å². The Balaban J connectivity index is 1.64. The number of primary amides is 1. The van der Waals surface area contributed by atoms with Gasteiger partial charge in [0.15, 0.2) is 12.4 Å². The van der Waals surface area contributed by atoms with Crippen LogP contribution in [0.3, 0.4) is 0 Å². The van der Waals surface area contributed by atoms with Gasteiger partial charge in [-0.1, -0.05) is 5.16 Å². The number of hydrogen-bond donors (Lipinski definition) is 1. The smallest absolute Gasteiger partial charge is 0.255 e. The summed E-state index contributed by atoms with van der Waals surface area (Å²) in [4.78, 5) is 29.5. The Hall–Kier alpha value is -2.90. The number of nitrogens with zero attached hydrogens (tertiary/aromatic N) is 3. The Morgan fingerprint density at radius 2 is 2.12 bits per heavy atom. The maximum Gasteiger partial charge on any atom is 0.255 e. The van der Waals surface area contributed by atoms with Gasteiger partial charge in [0.1, 0.15) is 5.75 Å². The van der Waals surface area contributed by atoms with E-state index in [4.69, 9.17) is 15.0 Å². The number of aryl methyl sites for hydroxylation is 1. The predicted octanol–water partition coefficient (Wildman–Crippen LogP) is 1.26. The SMILES string of the molecule is Cc1noc(C2CCCN(C(=O)c3ccc(OCC(N)=O)cc3)C2)n1. The average molecular weight is 344 g/mol. The molecule has 2 aromatic rings. The van der Waals surface area contributed by atoms with Crippen LogP contribution in [0, 0.1) is 6.92 Å². The van der Waals surface area contributed by atoms with E-state index in [0.717, 1.165) is 12.8 Å². The van der Waals surface area contributed by atoms with E-state index >= 15 is 0 Å². The number of rotatable bonds is 5. The highest BCUT2D eigenvalue weighted by Gasteiger charge is 2.28. The molecule has 0 saturated carbocycles. The van der Waals surface area contributed by atoms with E-state index in [-0.39, 0.29) is 18.4 Å². The maximum atomic E-state index is 12.7. The van der Waals surface area contributed by atoms with Gasteiger partial charge in [-0.2, -0.15) is 4.98 Å². The molecule has 0 spiro atoms. The molecule has 1 aromatic heterocycles. The van der Waals surface area contributed by atoms with Crippen LogP contribution < -0.4 is 10.5 Å². The summed E-state index contributed by atoms with van der Waals surface area (Å²) in [6, 6.07) is 6.66. The van der Waals surface area contributed by atoms with E-state index in [9.17, 15) is 9.59 Å². The van der Waals surface area contributed by atoms with Crippen LogP contribution in [0.1, 0.15) is 40.8 Å². The number of hydrogen-bond acceptors (Lipinski definition) is 6. The fourth-order valence-electron chi connectivity index (χ4n) is 2.87. The summed E-state index contributed by atoms with van der Waals surface area (Å²) in [5.74, 6) is 1.15. The second-order valence-corrected chi connectivity index (χ2v) is 6.05. The second kappa shape index (κ2) is 7.33. The summed E-state index contributed by atoms with van der Waals surface area (Å²) < 4.78 is 10.4. The van der Waals surface area contributed by atoms with Crippen molar-refractivity contribution in [2.45, 2.75) is 25.7 Å². The molecule has 1 fully saturated rings. The van der Waals surface area contributed by atoms with E-state index in [0.29, 0.717) is 36.1 Å². The van der Waals surface area contributed by atoms with Crippen molar-refractivity contribution in [3.8, 4) is 5.75 Å². The largest absolute Gasteiger partial charge is 0.484 e. The number of benzene rings is 1. The standard InChI is InChI=1S/C17H20N4O4/c1-11-19-16(25-20-11)13-3-2-8-21(9-13)17(23)12-4-6-14(7-5-12)24-10-15(18)22/h4-7,13H,2-3,8-10H2,1H3,(H2,18,22). The number of aromatic nitrogens is 2. The van der Waals surface area contributed by atoms with Gasteiger partial charge in [0, 0.05) is 18.7 Å². The highest BCUT2D eigenvalue weighted by Crippen LogP contribution is 2.27. The molecule has 0 radical (unpaired) electrons. The van der Waals surface area contributed by atoms with E-state index in [2.05, 4.69) is 10.1 Å². The molecule has 8 nitrogen and oxygen atoms in total. The molecule has 132 valence electrons. The van der Waals surface area contributed by atoms with Crippen molar-refractivity contribution in [3.05, 3.63) is 41.5 Å². The first-order chi connectivity index (χ1) is 12.0. The quantitative estimate of drug-likeness (QED) is 0.874. The molecule has 2 heterocycles. The number of carbonyl (C=O) groups is 2. The van der Waals surface area contributed by atoms with Crippen molar-refractivity contribution in [1.29, 1.82) is 0 Å². The van der Waals surface area contributed by atoms with Crippen LogP contribution in [-0.4, -0.2) is 46.6 Å². The molecule has 1 aromatic carbocycles. The third-order valence-corrected chi connectivity index (χ3v) is 4.08. The summed E-state index contributed by atoms with van der Waals surface area (Å²) in [7, 11) is 0. The first-order valence-electron chi connectivity index (χ1n) is 8.13. The molecule has 3 rings (SSSR count). The van der Waals surface area contributed by atoms with Gasteiger partial charge in [-0.3, -0.25) is 9.59 Å². The molecule has 1 aliphatic rings. The Bertz CT molecular complexity index is 756. The fourth-order valence-corrected chi connectivity index (χ4v) is 2.87. The van der Waals surface area contributed by atoms with Gasteiger partial charge in [0.05, 0.1) is 5.92 Å². The van der Waals surface area contributed by atoms with Gasteiger partial charge < -0.3 is 19.9 Å². The molecular weight excluding hydrogens is 324 g/mol. The highest BCUT2D eigenvalue weighted by molar-refractivity contribution is 5.94. The summed E-state index contributed by atoms with van der Waals surface area (Å²) in [5.41, 5.74) is 5.60. The van der Waals surface area contributed by atoms with E-state index in [1.54, 1.807) is 36.1 Å². The van der Waals surface area contributed by atoms with Crippen LogP contribution in [0.4, 0.5) is 0 Å². The Labute approximate surface area is 144 Å². The van der Waals surface area contributed by atoms with Crippen LogP contribution in [-0.2, 0) is 4.79 Å². The van der Waals surface area contributed by atoms with Crippen molar-refractivity contribution in [1.82, 2.24) is 15.0 Å². The molecule has 2 N–H and O–H groups in total. The maximum absolute atomic E-state index is 12.7. The third-order valence-electron chi connectivity index (χ3n) is 4.08. The molecule has 1 saturated heterocycles. The Morgan fingerprint density at radius 3 is 2.76 bits per heavy atom. The van der Waals surface area contributed by atoms with Crippen molar-refractivity contribution in [3.63, 3.8) is 0 Å². The number of carbonyl (C=O) groups excluding carboxylic acids is 2. The molecule has 25 heavy (non-hydrogen) atoms. The zero-order valence-electron chi connectivity index (χ0n) is 14.0. The van der Waals surface area contributed by atoms with Gasteiger partial charge in [0.2, 0.25) is 5.89 Å². The lowest BCUT2D eigenvalue weighted by Gasteiger charge is -2.31. The normalized spacial score (nSPS) is 17.3. The topological polar surface area (TPSA) is 112 Å². The lowest BCUT2D eigenvalue weighted by molar-refractivity contribution is -0.119. The Morgan fingerprint density at radius 1 is 1.36 bits per heavy atom. The van der Waals surface area contributed by atoms with Crippen LogP contribution in [0.15, 0.2) is 28.8 Å². The molecule has 0 aliphatic carbocycles. The number of ether oxygens (including phenoxy) is 1. The van der Waals surface area contributed by atoms with Crippen LogP contribution >= 0.6 is 0 Å². The average Bonchev–Trinajstić information content (AvgIpc) is 3.06. The second-order valence-electron chi connectivity index (χ2n) is 6.05. The molecule has 0 bridgehead atoms. The van der Waals surface area contributed by atoms with Crippen molar-refractivity contribution < 1.29 is 18.8 Å². The van der Waals surface area contributed by atoms with Gasteiger partial charge >= 0.3 is 0 Å². The molecule has 2 amide bonds. The monoisotopic (exact) mass is 344 g/mol.